The van der Waals surface area contributed by atoms with Crippen molar-refractivity contribution in [1.82, 2.24) is 4.90 Å². The molecule has 146 valence electrons. The van der Waals surface area contributed by atoms with Crippen molar-refractivity contribution in [2.24, 2.45) is 17.3 Å². The maximum absolute atomic E-state index is 12.7. The lowest BCUT2D eigenvalue weighted by molar-refractivity contribution is -0.147. The minimum Gasteiger partial charge on any atom is -0.390 e. The third kappa shape index (κ3) is 5.43. The lowest BCUT2D eigenvalue weighted by Gasteiger charge is -2.31. The molecule has 0 radical (unpaired) electrons. The summed E-state index contributed by atoms with van der Waals surface area (Å²) in [6.45, 7) is 6.39. The standard InChI is InChI=1S/C15H21Cl6NO3/c1-7(14(16,17)18)5-9-11(24)13(3,4)12(25)22(9)10(23)6-8(2)15(19,20)21/h7-9,11,24H,5-6H2,1-4H3/t7?,8?,9-,11+/m1/s1. The summed E-state index contributed by atoms with van der Waals surface area (Å²) in [5.74, 6) is -2.15. The Balaban J connectivity index is 3.10. The first-order valence-electron chi connectivity index (χ1n) is 7.69. The zero-order chi connectivity index (χ0) is 20.0. The van der Waals surface area contributed by atoms with Crippen LogP contribution in [0.25, 0.3) is 0 Å². The van der Waals surface area contributed by atoms with Gasteiger partial charge in [-0.1, -0.05) is 83.5 Å². The Morgan fingerprint density at radius 3 is 1.96 bits per heavy atom. The van der Waals surface area contributed by atoms with Crippen molar-refractivity contribution in [3.8, 4) is 0 Å². The largest absolute Gasteiger partial charge is 0.390 e. The van der Waals surface area contributed by atoms with Gasteiger partial charge < -0.3 is 5.11 Å². The quantitative estimate of drug-likeness (QED) is 0.588. The maximum Gasteiger partial charge on any atom is 0.237 e. The number of alkyl halides is 6. The number of rotatable bonds is 4. The summed E-state index contributed by atoms with van der Waals surface area (Å²) in [6.07, 6.45) is -1.12. The second kappa shape index (κ2) is 8.06. The highest BCUT2D eigenvalue weighted by molar-refractivity contribution is 6.68. The molecule has 1 aliphatic rings. The molecule has 0 aromatic carbocycles. The lowest BCUT2D eigenvalue weighted by Crippen LogP contribution is -2.44. The fourth-order valence-corrected chi connectivity index (χ4v) is 3.21. The average Bonchev–Trinajstić information content (AvgIpc) is 2.58. The number of likely N-dealkylation sites (tertiary alicyclic amines) is 1. The van der Waals surface area contributed by atoms with Gasteiger partial charge >= 0.3 is 0 Å². The number of hydrogen-bond donors (Lipinski definition) is 1. The molecule has 1 aliphatic heterocycles. The van der Waals surface area contributed by atoms with E-state index in [1.165, 1.54) is 0 Å². The van der Waals surface area contributed by atoms with Crippen LogP contribution in [-0.2, 0) is 9.59 Å². The number of amides is 2. The van der Waals surface area contributed by atoms with E-state index < -0.39 is 48.8 Å². The van der Waals surface area contributed by atoms with Gasteiger partial charge in [0.25, 0.3) is 0 Å². The van der Waals surface area contributed by atoms with Crippen molar-refractivity contribution < 1.29 is 14.7 Å². The second-order valence-corrected chi connectivity index (χ2v) is 11.9. The molecule has 4 nitrogen and oxygen atoms in total. The van der Waals surface area contributed by atoms with Gasteiger partial charge in [-0.25, -0.2) is 0 Å². The van der Waals surface area contributed by atoms with Crippen molar-refractivity contribution in [3.63, 3.8) is 0 Å². The third-order valence-corrected chi connectivity index (χ3v) is 6.90. The van der Waals surface area contributed by atoms with E-state index in [0.29, 0.717) is 0 Å². The molecule has 1 saturated heterocycles. The van der Waals surface area contributed by atoms with Gasteiger partial charge in [0.15, 0.2) is 7.59 Å². The third-order valence-electron chi connectivity index (χ3n) is 4.67. The topological polar surface area (TPSA) is 57.6 Å². The monoisotopic (exact) mass is 473 g/mol. The Bertz CT molecular complexity index is 528. The molecule has 0 spiro atoms. The van der Waals surface area contributed by atoms with E-state index in [1.807, 2.05) is 0 Å². The van der Waals surface area contributed by atoms with Crippen LogP contribution >= 0.6 is 69.6 Å². The molecule has 1 N–H and O–H groups in total. The molecule has 0 saturated carbocycles. The average molecular weight is 476 g/mol. The van der Waals surface area contributed by atoms with Crippen LogP contribution < -0.4 is 0 Å². The van der Waals surface area contributed by atoms with E-state index in [9.17, 15) is 14.7 Å². The van der Waals surface area contributed by atoms with E-state index in [4.69, 9.17) is 69.6 Å². The van der Waals surface area contributed by atoms with Crippen molar-refractivity contribution in [3.05, 3.63) is 0 Å². The first-order valence-corrected chi connectivity index (χ1v) is 9.96. The number of carbonyl (C=O) groups is 2. The molecular weight excluding hydrogens is 455 g/mol. The number of nitrogens with zero attached hydrogens (tertiary/aromatic N) is 1. The molecule has 2 unspecified atom stereocenters. The Hall–Kier alpha value is 0.840. The summed E-state index contributed by atoms with van der Waals surface area (Å²) in [7, 11) is 0. The first kappa shape index (κ1) is 23.9. The van der Waals surface area contributed by atoms with E-state index in [1.54, 1.807) is 27.7 Å². The predicted octanol–water partition coefficient (Wildman–Crippen LogP) is 4.90. The van der Waals surface area contributed by atoms with E-state index in [0.717, 1.165) is 4.90 Å². The van der Waals surface area contributed by atoms with Crippen LogP contribution in [0, 0.1) is 17.3 Å². The first-order chi connectivity index (χ1) is 11.0. The maximum atomic E-state index is 12.7. The molecule has 10 heteroatoms. The van der Waals surface area contributed by atoms with Gasteiger partial charge in [0.2, 0.25) is 11.8 Å². The van der Waals surface area contributed by atoms with Crippen LogP contribution in [0.15, 0.2) is 0 Å². The Kier molecular flexibility index (Phi) is 7.70. The number of hydrogen-bond acceptors (Lipinski definition) is 3. The smallest absolute Gasteiger partial charge is 0.237 e. The molecule has 0 bridgehead atoms. The number of halogens is 6. The summed E-state index contributed by atoms with van der Waals surface area (Å²) in [4.78, 5) is 26.4. The normalized spacial score (nSPS) is 26.7. The molecule has 25 heavy (non-hydrogen) atoms. The van der Waals surface area contributed by atoms with Gasteiger partial charge in [0.1, 0.15) is 0 Å². The van der Waals surface area contributed by atoms with Crippen molar-refractivity contribution >= 4 is 81.4 Å². The Morgan fingerprint density at radius 2 is 1.56 bits per heavy atom. The summed E-state index contributed by atoms with van der Waals surface area (Å²) < 4.78 is -3.23. The minimum atomic E-state index is -1.65. The molecule has 0 aromatic heterocycles. The summed E-state index contributed by atoms with van der Waals surface area (Å²) in [5, 5.41) is 10.6. The van der Waals surface area contributed by atoms with Crippen LogP contribution in [0.5, 0.6) is 0 Å². The fraction of sp³-hybridized carbons (Fsp3) is 0.867. The highest BCUT2D eigenvalue weighted by Gasteiger charge is 2.56. The highest BCUT2D eigenvalue weighted by Crippen LogP contribution is 2.44. The SMILES string of the molecule is CC(CC(=O)N1C(=O)C(C)(C)[C@@H](O)[C@H]1CC(C)C(Cl)(Cl)Cl)C(Cl)(Cl)Cl. The zero-order valence-corrected chi connectivity index (χ0v) is 18.7. The van der Waals surface area contributed by atoms with Gasteiger partial charge in [-0.2, -0.15) is 0 Å². The number of carbonyl (C=O) groups excluding carboxylic acids is 2. The number of imide groups is 1. The van der Waals surface area contributed by atoms with Crippen LogP contribution in [0.3, 0.4) is 0 Å². The molecule has 0 aromatic rings. The Labute approximate surface area is 178 Å². The van der Waals surface area contributed by atoms with Gasteiger partial charge in [-0.15, -0.1) is 0 Å². The van der Waals surface area contributed by atoms with Gasteiger partial charge in [-0.05, 0) is 20.3 Å². The second-order valence-electron chi connectivity index (χ2n) is 7.13. The molecule has 1 heterocycles. The number of aliphatic hydroxyl groups excluding tert-OH is 1. The van der Waals surface area contributed by atoms with E-state index >= 15 is 0 Å². The summed E-state index contributed by atoms with van der Waals surface area (Å²) >= 11 is 35.1. The fourth-order valence-electron chi connectivity index (χ4n) is 2.71. The number of aliphatic hydroxyl groups is 1. The highest BCUT2D eigenvalue weighted by atomic mass is 35.6. The zero-order valence-electron chi connectivity index (χ0n) is 14.2. The predicted molar refractivity (Wildman–Crippen MR) is 104 cm³/mol. The van der Waals surface area contributed by atoms with E-state index in [2.05, 4.69) is 0 Å². The van der Waals surface area contributed by atoms with Crippen molar-refractivity contribution in [2.45, 2.75) is 60.3 Å². The molecule has 2 amide bonds. The van der Waals surface area contributed by atoms with Gasteiger partial charge in [0.05, 0.1) is 17.6 Å². The molecule has 1 fully saturated rings. The molecule has 1 rings (SSSR count). The van der Waals surface area contributed by atoms with Crippen molar-refractivity contribution in [2.75, 3.05) is 0 Å². The van der Waals surface area contributed by atoms with Gasteiger partial charge in [-0.3, -0.25) is 14.5 Å². The molecule has 4 atom stereocenters. The van der Waals surface area contributed by atoms with Crippen LogP contribution in [0.4, 0.5) is 0 Å². The molecule has 0 aliphatic carbocycles. The Morgan fingerprint density at radius 1 is 1.12 bits per heavy atom. The minimum absolute atomic E-state index is 0.140. The van der Waals surface area contributed by atoms with E-state index in [-0.39, 0.29) is 12.8 Å². The summed E-state index contributed by atoms with van der Waals surface area (Å²) in [5.41, 5.74) is -1.14. The van der Waals surface area contributed by atoms with Crippen LogP contribution in [0.2, 0.25) is 0 Å². The van der Waals surface area contributed by atoms with Crippen LogP contribution in [0.1, 0.15) is 40.5 Å². The summed E-state index contributed by atoms with van der Waals surface area (Å²) in [6, 6.07) is -0.816. The van der Waals surface area contributed by atoms with Gasteiger partial charge in [0, 0.05) is 18.3 Å². The molecular formula is C15H21Cl6NO3. The van der Waals surface area contributed by atoms with Crippen molar-refractivity contribution in [1.29, 1.82) is 0 Å². The lowest BCUT2D eigenvalue weighted by atomic mass is 9.84. The van der Waals surface area contributed by atoms with Crippen LogP contribution in [-0.4, -0.2) is 41.6 Å².